The molecule has 1 aliphatic carbocycles. The Balaban J connectivity index is 1.93. The van der Waals surface area contributed by atoms with Gasteiger partial charge in [-0.25, -0.2) is 8.42 Å². The number of sulfone groups is 1. The summed E-state index contributed by atoms with van der Waals surface area (Å²) < 4.78 is 27.7. The van der Waals surface area contributed by atoms with Crippen molar-refractivity contribution in [3.63, 3.8) is 0 Å². The van der Waals surface area contributed by atoms with E-state index in [2.05, 4.69) is 11.2 Å². The number of aromatic amines is 1. The molecule has 0 saturated carbocycles. The van der Waals surface area contributed by atoms with Gasteiger partial charge in [0.2, 0.25) is 9.84 Å². The van der Waals surface area contributed by atoms with Crippen molar-refractivity contribution in [3.8, 4) is 11.3 Å². The smallest absolute Gasteiger partial charge is 0.267 e. The molecule has 0 unspecified atom stereocenters. The lowest BCUT2D eigenvalue weighted by molar-refractivity contribution is 0.594. The molecule has 2 heterocycles. The molecule has 1 aliphatic rings. The molecule has 128 valence electrons. The van der Waals surface area contributed by atoms with E-state index in [4.69, 9.17) is 0 Å². The van der Waals surface area contributed by atoms with Crippen LogP contribution in [0.2, 0.25) is 0 Å². The van der Waals surface area contributed by atoms with Crippen LogP contribution in [0.15, 0.2) is 57.2 Å². The van der Waals surface area contributed by atoms with Crippen molar-refractivity contribution in [1.82, 2.24) is 9.55 Å². The van der Waals surface area contributed by atoms with Gasteiger partial charge in [-0.3, -0.25) is 4.79 Å². The molecule has 4 rings (SSSR count). The third-order valence-electron chi connectivity index (χ3n) is 4.91. The quantitative estimate of drug-likeness (QED) is 0.769. The van der Waals surface area contributed by atoms with Crippen LogP contribution in [0.5, 0.6) is 0 Å². The molecule has 1 N–H and O–H groups in total. The Bertz CT molecular complexity index is 1140. The third-order valence-corrected chi connectivity index (χ3v) is 6.68. The minimum atomic E-state index is -3.83. The van der Waals surface area contributed by atoms with Crippen LogP contribution in [0.3, 0.4) is 0 Å². The van der Waals surface area contributed by atoms with Crippen molar-refractivity contribution in [1.29, 1.82) is 0 Å². The number of fused-ring (bicyclic) bond motifs is 3. The summed E-state index contributed by atoms with van der Waals surface area (Å²) in [5.74, 6) is 0. The van der Waals surface area contributed by atoms with Crippen molar-refractivity contribution in [2.75, 3.05) is 0 Å². The van der Waals surface area contributed by atoms with Gasteiger partial charge in [0, 0.05) is 24.5 Å². The molecular formula is C19H18N2O3S. The van der Waals surface area contributed by atoms with E-state index in [-0.39, 0.29) is 9.79 Å². The van der Waals surface area contributed by atoms with Crippen LogP contribution in [0, 0.1) is 6.92 Å². The summed E-state index contributed by atoms with van der Waals surface area (Å²) >= 11 is 0. The van der Waals surface area contributed by atoms with Crippen molar-refractivity contribution < 1.29 is 8.42 Å². The fraction of sp³-hybridized carbons (Fsp3) is 0.211. The molecule has 3 aromatic rings. The Labute approximate surface area is 145 Å². The van der Waals surface area contributed by atoms with Crippen LogP contribution < -0.4 is 5.56 Å². The zero-order valence-corrected chi connectivity index (χ0v) is 14.9. The third kappa shape index (κ3) is 2.36. The van der Waals surface area contributed by atoms with Crippen LogP contribution in [0.25, 0.3) is 11.3 Å². The summed E-state index contributed by atoms with van der Waals surface area (Å²) in [7, 11) is -1.86. The van der Waals surface area contributed by atoms with Gasteiger partial charge < -0.3 is 9.55 Å². The highest BCUT2D eigenvalue weighted by atomic mass is 32.2. The number of hydrogen-bond acceptors (Lipinski definition) is 3. The highest BCUT2D eigenvalue weighted by molar-refractivity contribution is 7.91. The second kappa shape index (κ2) is 5.46. The van der Waals surface area contributed by atoms with E-state index in [9.17, 15) is 13.2 Å². The molecule has 0 aliphatic heterocycles. The van der Waals surface area contributed by atoms with E-state index in [1.54, 1.807) is 24.3 Å². The monoisotopic (exact) mass is 354 g/mol. The first kappa shape index (κ1) is 15.9. The summed E-state index contributed by atoms with van der Waals surface area (Å²) in [4.78, 5) is 15.4. The largest absolute Gasteiger partial charge is 0.354 e. The number of hydrogen-bond donors (Lipinski definition) is 1. The highest BCUT2D eigenvalue weighted by Crippen LogP contribution is 2.35. The zero-order chi connectivity index (χ0) is 17.8. The fourth-order valence-electron chi connectivity index (χ4n) is 3.50. The fourth-order valence-corrected chi connectivity index (χ4v) is 4.86. The van der Waals surface area contributed by atoms with Crippen molar-refractivity contribution in [3.05, 3.63) is 69.8 Å². The molecule has 1 aromatic carbocycles. The van der Waals surface area contributed by atoms with Crippen LogP contribution in [-0.2, 0) is 29.7 Å². The lowest BCUT2D eigenvalue weighted by atomic mass is 9.91. The number of pyridine rings is 1. The van der Waals surface area contributed by atoms with E-state index < -0.39 is 15.4 Å². The molecule has 0 bridgehead atoms. The lowest BCUT2D eigenvalue weighted by Gasteiger charge is -2.18. The predicted molar refractivity (Wildman–Crippen MR) is 95.5 cm³/mol. The van der Waals surface area contributed by atoms with Gasteiger partial charge >= 0.3 is 0 Å². The predicted octanol–water partition coefficient (Wildman–Crippen LogP) is 2.62. The Morgan fingerprint density at radius 3 is 2.48 bits per heavy atom. The Morgan fingerprint density at radius 2 is 1.76 bits per heavy atom. The first-order valence-electron chi connectivity index (χ1n) is 8.11. The molecule has 0 radical (unpaired) electrons. The van der Waals surface area contributed by atoms with E-state index >= 15 is 0 Å². The number of aromatic nitrogens is 2. The van der Waals surface area contributed by atoms with E-state index in [1.807, 2.05) is 18.5 Å². The Kier molecular flexibility index (Phi) is 3.47. The number of rotatable bonds is 2. The molecule has 25 heavy (non-hydrogen) atoms. The molecule has 0 amide bonds. The lowest BCUT2D eigenvalue weighted by Crippen LogP contribution is -2.21. The zero-order valence-electron chi connectivity index (χ0n) is 14.0. The molecule has 0 atom stereocenters. The van der Waals surface area contributed by atoms with Gasteiger partial charge in [0.25, 0.3) is 5.56 Å². The van der Waals surface area contributed by atoms with Crippen LogP contribution >= 0.6 is 0 Å². The molecule has 2 aromatic heterocycles. The average Bonchev–Trinajstić information content (AvgIpc) is 2.90. The maximum atomic E-state index is 12.8. The molecule has 0 saturated heterocycles. The highest BCUT2D eigenvalue weighted by Gasteiger charge is 2.27. The van der Waals surface area contributed by atoms with Crippen LogP contribution in [0.4, 0.5) is 0 Å². The van der Waals surface area contributed by atoms with Gasteiger partial charge in [-0.1, -0.05) is 18.2 Å². The van der Waals surface area contributed by atoms with Gasteiger partial charge in [0.15, 0.2) is 0 Å². The molecule has 6 heteroatoms. The topological polar surface area (TPSA) is 71.9 Å². The second-order valence-electron chi connectivity index (χ2n) is 6.41. The minimum absolute atomic E-state index is 0.132. The number of nitrogens with one attached hydrogen (secondary N) is 1. The average molecular weight is 354 g/mol. The maximum Gasteiger partial charge on any atom is 0.267 e. The Hall–Kier alpha value is -2.60. The van der Waals surface area contributed by atoms with Gasteiger partial charge in [-0.05, 0) is 49.1 Å². The summed E-state index contributed by atoms with van der Waals surface area (Å²) in [5.41, 5.74) is 4.31. The van der Waals surface area contributed by atoms with Crippen molar-refractivity contribution in [2.24, 2.45) is 7.05 Å². The van der Waals surface area contributed by atoms with Gasteiger partial charge in [-0.15, -0.1) is 0 Å². The first-order valence-corrected chi connectivity index (χ1v) is 9.59. The number of nitrogens with zero attached hydrogens (tertiary/aromatic N) is 1. The van der Waals surface area contributed by atoms with Crippen molar-refractivity contribution >= 4 is 9.84 Å². The van der Waals surface area contributed by atoms with Crippen LogP contribution in [-0.4, -0.2) is 18.0 Å². The summed E-state index contributed by atoms with van der Waals surface area (Å²) in [6, 6.07) is 9.61. The van der Waals surface area contributed by atoms with E-state index in [1.165, 1.54) is 17.7 Å². The SMILES string of the molecule is Cc1c2c(cn1C)CCc1cc(S(=O)(=O)c3ccccc3)c(=O)[nH]c1-2. The molecular weight excluding hydrogens is 336 g/mol. The first-order chi connectivity index (χ1) is 11.9. The molecule has 0 spiro atoms. The standard InChI is InChI=1S/C19H18N2O3S/c1-12-17-14(11-21(12)2)9-8-13-10-16(19(22)20-18(13)17)25(23,24)15-6-4-3-5-7-15/h3-7,10-11H,8-9H2,1-2H3,(H,20,22). The molecule has 0 fully saturated rings. The summed E-state index contributed by atoms with van der Waals surface area (Å²) in [6.07, 6.45) is 3.61. The summed E-state index contributed by atoms with van der Waals surface area (Å²) in [5, 5.41) is 0. The second-order valence-corrected chi connectivity index (χ2v) is 8.32. The number of H-pyrrole nitrogens is 1. The normalized spacial score (nSPS) is 13.4. The van der Waals surface area contributed by atoms with E-state index in [0.717, 1.165) is 28.9 Å². The number of aryl methyl sites for hydroxylation is 3. The minimum Gasteiger partial charge on any atom is -0.354 e. The maximum absolute atomic E-state index is 12.8. The van der Waals surface area contributed by atoms with Crippen molar-refractivity contribution in [2.45, 2.75) is 29.6 Å². The Morgan fingerprint density at radius 1 is 1.08 bits per heavy atom. The van der Waals surface area contributed by atoms with Gasteiger partial charge in [0.05, 0.1) is 10.6 Å². The van der Waals surface area contributed by atoms with E-state index in [0.29, 0.717) is 6.42 Å². The van der Waals surface area contributed by atoms with Crippen LogP contribution in [0.1, 0.15) is 16.8 Å². The van der Waals surface area contributed by atoms with Gasteiger partial charge in [0.1, 0.15) is 4.90 Å². The number of benzene rings is 1. The molecule has 5 nitrogen and oxygen atoms in total. The summed E-state index contributed by atoms with van der Waals surface area (Å²) in [6.45, 7) is 2.00. The van der Waals surface area contributed by atoms with Gasteiger partial charge in [-0.2, -0.15) is 0 Å².